The van der Waals surface area contributed by atoms with E-state index >= 15 is 0 Å². The molecule has 2 unspecified atom stereocenters. The predicted molar refractivity (Wildman–Crippen MR) is 123 cm³/mol. The van der Waals surface area contributed by atoms with E-state index in [0.717, 1.165) is 19.3 Å². The molecule has 0 aromatic rings. The van der Waals surface area contributed by atoms with Gasteiger partial charge in [0.1, 0.15) is 0 Å². The number of allylic oxidation sites excluding steroid dienone is 2. The van der Waals surface area contributed by atoms with Crippen molar-refractivity contribution in [1.82, 2.24) is 0 Å². The molecule has 0 saturated carbocycles. The van der Waals surface area contributed by atoms with Gasteiger partial charge in [0.2, 0.25) is 0 Å². The van der Waals surface area contributed by atoms with Crippen LogP contribution in [0.25, 0.3) is 0 Å². The first-order valence-corrected chi connectivity index (χ1v) is 13.2. The molecule has 0 amide bonds. The summed E-state index contributed by atoms with van der Waals surface area (Å²) in [7, 11) is 3.53. The number of nitrogens with zero attached hydrogens (tertiary/aromatic N) is 1. The molecule has 0 N–H and O–H groups in total. The van der Waals surface area contributed by atoms with Gasteiger partial charge in [0.15, 0.2) is 0 Å². The average Bonchev–Trinajstić information content (AvgIpc) is 2.62. The van der Waals surface area contributed by atoms with E-state index in [1.54, 1.807) is 0 Å². The van der Waals surface area contributed by atoms with Crippen LogP contribution < -0.4 is 4.89 Å². The summed E-state index contributed by atoms with van der Waals surface area (Å²) >= 11 is 0. The van der Waals surface area contributed by atoms with Crippen molar-refractivity contribution in [2.75, 3.05) is 21.1 Å². The molecule has 3 nitrogen and oxygen atoms in total. The average molecular weight is 415 g/mol. The Hall–Kier alpha value is -0.240. The van der Waals surface area contributed by atoms with Gasteiger partial charge in [-0.05, 0) is 25.7 Å². The molecule has 0 aliphatic heterocycles. The van der Waals surface area contributed by atoms with Gasteiger partial charge in [-0.25, -0.2) is 0 Å². The van der Waals surface area contributed by atoms with Crippen LogP contribution in [-0.2, 0) is 4.57 Å². The van der Waals surface area contributed by atoms with Gasteiger partial charge in [0.05, 0.1) is 21.1 Å². The Morgan fingerprint density at radius 1 is 0.714 bits per heavy atom. The number of hydrogen-bond donors (Lipinski definition) is 0. The van der Waals surface area contributed by atoms with E-state index in [4.69, 9.17) is 0 Å². The molecule has 0 spiro atoms. The highest BCUT2D eigenvalue weighted by Crippen LogP contribution is 2.28. The van der Waals surface area contributed by atoms with Crippen molar-refractivity contribution in [2.45, 2.75) is 122 Å². The van der Waals surface area contributed by atoms with Crippen LogP contribution in [0, 0.1) is 0 Å². The Bertz CT molecular complexity index is 391. The molecule has 0 aromatic heterocycles. The monoisotopic (exact) mass is 414 g/mol. The summed E-state index contributed by atoms with van der Waals surface area (Å²) in [5.74, 6) is -0.260. The first-order valence-electron chi connectivity index (χ1n) is 12.0. The first kappa shape index (κ1) is 27.8. The predicted octanol–water partition coefficient (Wildman–Crippen LogP) is 7.33. The lowest BCUT2D eigenvalue weighted by Gasteiger charge is -2.27. The number of hydrogen-bond acceptors (Lipinski definition) is 2. The largest absolute Gasteiger partial charge is 0.591 e. The minimum Gasteiger partial charge on any atom is -0.591 e. The molecule has 2 atom stereocenters. The standard InChI is InChI=1S/C24H49NO2P/c1-5-6-7-8-9-10-11-12-13-14-15-16-17-18-19-20-21-22-23-24(28(26)27)25(2,3)4/h19-20,24H,5-18,21-23H2,1-4H3/q+1/b20-19-. The Morgan fingerprint density at radius 2 is 1.11 bits per heavy atom. The van der Waals surface area contributed by atoms with Crippen LogP contribution >= 0.6 is 8.03 Å². The van der Waals surface area contributed by atoms with Crippen LogP contribution in [0.5, 0.6) is 0 Å². The molecular formula is C24H49NO2P+. The van der Waals surface area contributed by atoms with Gasteiger partial charge in [-0.3, -0.25) is 4.48 Å². The smallest absolute Gasteiger partial charge is 0.373 e. The van der Waals surface area contributed by atoms with E-state index in [2.05, 4.69) is 19.1 Å². The maximum atomic E-state index is 11.4. The Morgan fingerprint density at radius 3 is 1.50 bits per heavy atom. The minimum atomic E-state index is -2.35. The zero-order valence-electron chi connectivity index (χ0n) is 19.5. The summed E-state index contributed by atoms with van der Waals surface area (Å²) in [6.07, 6.45) is 26.6. The SMILES string of the molecule is CCCCCCCCCCCCCCC/C=C\CCCC([P+](=O)[O-])[N+](C)(C)C. The summed E-state index contributed by atoms with van der Waals surface area (Å²) < 4.78 is 11.9. The highest BCUT2D eigenvalue weighted by Gasteiger charge is 2.34. The molecular weight excluding hydrogens is 365 g/mol. The Labute approximate surface area is 177 Å². The minimum absolute atomic E-state index is 0.260. The van der Waals surface area contributed by atoms with E-state index < -0.39 is 8.03 Å². The fraction of sp³-hybridized carbons (Fsp3) is 0.917. The normalized spacial score (nSPS) is 14.0. The Balaban J connectivity index is 3.37. The van der Waals surface area contributed by atoms with Crippen molar-refractivity contribution < 1.29 is 13.9 Å². The van der Waals surface area contributed by atoms with Crippen LogP contribution in [0.1, 0.15) is 116 Å². The molecule has 0 fully saturated rings. The van der Waals surface area contributed by atoms with Crippen molar-refractivity contribution in [1.29, 1.82) is 0 Å². The van der Waals surface area contributed by atoms with Crippen molar-refractivity contribution in [3.63, 3.8) is 0 Å². The molecule has 166 valence electrons. The zero-order chi connectivity index (χ0) is 21.1. The van der Waals surface area contributed by atoms with Gasteiger partial charge < -0.3 is 4.89 Å². The number of rotatable bonds is 20. The highest BCUT2D eigenvalue weighted by atomic mass is 31.1. The second-order valence-corrected chi connectivity index (χ2v) is 10.5. The summed E-state index contributed by atoms with van der Waals surface area (Å²) in [4.78, 5) is 11.4. The maximum absolute atomic E-state index is 11.4. The van der Waals surface area contributed by atoms with E-state index in [9.17, 15) is 9.46 Å². The highest BCUT2D eigenvalue weighted by molar-refractivity contribution is 7.37. The van der Waals surface area contributed by atoms with Crippen LogP contribution in [0.15, 0.2) is 12.2 Å². The third kappa shape index (κ3) is 17.8. The van der Waals surface area contributed by atoms with Crippen LogP contribution in [0.2, 0.25) is 0 Å². The lowest BCUT2D eigenvalue weighted by Crippen LogP contribution is -2.44. The zero-order valence-corrected chi connectivity index (χ0v) is 20.4. The third-order valence-corrected chi connectivity index (χ3v) is 7.05. The molecule has 28 heavy (non-hydrogen) atoms. The molecule has 0 radical (unpaired) electrons. The van der Waals surface area contributed by atoms with Gasteiger partial charge in [0.25, 0.3) is 5.78 Å². The molecule has 0 aliphatic carbocycles. The fourth-order valence-electron chi connectivity index (χ4n) is 3.71. The molecule has 0 saturated heterocycles. The molecule has 0 aliphatic rings. The summed E-state index contributed by atoms with van der Waals surface area (Å²) in [5, 5.41) is 0. The van der Waals surface area contributed by atoms with Crippen LogP contribution in [0.4, 0.5) is 0 Å². The second kappa shape index (κ2) is 18.8. The van der Waals surface area contributed by atoms with Gasteiger partial charge in [0, 0.05) is 6.42 Å². The van der Waals surface area contributed by atoms with Crippen molar-refractivity contribution >= 4 is 8.03 Å². The maximum Gasteiger partial charge on any atom is 0.373 e. The third-order valence-electron chi connectivity index (χ3n) is 5.61. The second-order valence-electron chi connectivity index (χ2n) is 9.32. The quantitative estimate of drug-likeness (QED) is 0.0905. The lowest BCUT2D eigenvalue weighted by atomic mass is 10.0. The summed E-state index contributed by atoms with van der Waals surface area (Å²) in [6, 6.07) is 0. The fourth-order valence-corrected chi connectivity index (χ4v) is 4.67. The van der Waals surface area contributed by atoms with Crippen molar-refractivity contribution in [3.05, 3.63) is 12.2 Å². The number of quaternary nitrogens is 1. The summed E-state index contributed by atoms with van der Waals surface area (Å²) in [6.45, 7) is 2.28. The van der Waals surface area contributed by atoms with E-state index in [0.29, 0.717) is 4.48 Å². The van der Waals surface area contributed by atoms with Gasteiger partial charge in [-0.15, -0.1) is 0 Å². The van der Waals surface area contributed by atoms with Crippen molar-refractivity contribution in [2.24, 2.45) is 0 Å². The van der Waals surface area contributed by atoms with Crippen LogP contribution in [-0.4, -0.2) is 31.4 Å². The van der Waals surface area contributed by atoms with Gasteiger partial charge >= 0.3 is 8.03 Å². The topological polar surface area (TPSA) is 40.1 Å². The molecule has 0 aromatic carbocycles. The first-order chi connectivity index (χ1) is 13.4. The molecule has 4 heteroatoms. The van der Waals surface area contributed by atoms with E-state index in [1.165, 1.54) is 89.9 Å². The lowest BCUT2D eigenvalue weighted by molar-refractivity contribution is -0.883. The van der Waals surface area contributed by atoms with E-state index in [-0.39, 0.29) is 5.78 Å². The van der Waals surface area contributed by atoms with Crippen LogP contribution in [0.3, 0.4) is 0 Å². The van der Waals surface area contributed by atoms with E-state index in [1.807, 2.05) is 21.1 Å². The molecule has 0 bridgehead atoms. The molecule has 0 heterocycles. The Kier molecular flexibility index (Phi) is 18.6. The van der Waals surface area contributed by atoms with Crippen molar-refractivity contribution in [3.8, 4) is 0 Å². The molecule has 0 rings (SSSR count). The summed E-state index contributed by atoms with van der Waals surface area (Å²) in [5.41, 5.74) is 0. The van der Waals surface area contributed by atoms with Gasteiger partial charge in [-0.2, -0.15) is 0 Å². The number of unbranched alkanes of at least 4 members (excludes halogenated alkanes) is 14. The van der Waals surface area contributed by atoms with Gasteiger partial charge in [-0.1, -0.05) is 101 Å².